The van der Waals surface area contributed by atoms with Crippen molar-refractivity contribution in [3.05, 3.63) is 0 Å². The Morgan fingerprint density at radius 3 is 2.67 bits per heavy atom. The van der Waals surface area contributed by atoms with Gasteiger partial charge in [-0.1, -0.05) is 0 Å². The molecule has 2 N–H and O–H groups in total. The molecule has 0 aromatic carbocycles. The van der Waals surface area contributed by atoms with Crippen molar-refractivity contribution in [2.45, 2.75) is 25.7 Å². The quantitative estimate of drug-likeness (QED) is 0.559. The smallest absolute Gasteiger partial charge is 0.334 e. The second-order valence-corrected chi connectivity index (χ2v) is 3.72. The molecule has 1 spiro atoms. The molecule has 2 saturated carbocycles. The monoisotopic (exact) mass is 167 g/mol. The van der Waals surface area contributed by atoms with Gasteiger partial charge in [0.25, 0.3) is 0 Å². The van der Waals surface area contributed by atoms with E-state index in [1.54, 1.807) is 7.05 Å². The molecule has 0 aliphatic heterocycles. The minimum absolute atomic E-state index is 0.237. The Kier molecular flexibility index (Phi) is 1.56. The number of carbonyl (C=O) groups is 1. The SMILES string of the molecule is CNC(=O)NN=C1CC2(CC2)C1. The van der Waals surface area contributed by atoms with E-state index in [4.69, 9.17) is 0 Å². The molecule has 4 nitrogen and oxygen atoms in total. The van der Waals surface area contributed by atoms with Gasteiger partial charge in [-0.25, -0.2) is 10.2 Å². The van der Waals surface area contributed by atoms with Crippen LogP contribution in [-0.4, -0.2) is 18.8 Å². The zero-order chi connectivity index (χ0) is 8.60. The summed E-state index contributed by atoms with van der Waals surface area (Å²) in [5.41, 5.74) is 4.20. The van der Waals surface area contributed by atoms with E-state index in [0.717, 1.165) is 18.6 Å². The van der Waals surface area contributed by atoms with E-state index in [0.29, 0.717) is 5.41 Å². The molecule has 0 radical (unpaired) electrons. The molecular weight excluding hydrogens is 154 g/mol. The Labute approximate surface area is 71.4 Å². The topological polar surface area (TPSA) is 53.5 Å². The Hall–Kier alpha value is -1.06. The fourth-order valence-corrected chi connectivity index (χ4v) is 1.61. The molecular formula is C8H13N3O. The normalized spacial score (nSPS) is 22.9. The van der Waals surface area contributed by atoms with Crippen LogP contribution in [0, 0.1) is 5.41 Å². The van der Waals surface area contributed by atoms with Gasteiger partial charge in [0.15, 0.2) is 0 Å². The summed E-state index contributed by atoms with van der Waals surface area (Å²) in [6.45, 7) is 0. The molecule has 0 aromatic heterocycles. The van der Waals surface area contributed by atoms with E-state index in [-0.39, 0.29) is 6.03 Å². The minimum Gasteiger partial charge on any atom is -0.340 e. The van der Waals surface area contributed by atoms with Gasteiger partial charge in [0.05, 0.1) is 0 Å². The first-order valence-electron chi connectivity index (χ1n) is 4.27. The molecule has 0 aromatic rings. The fraction of sp³-hybridized carbons (Fsp3) is 0.750. The van der Waals surface area contributed by atoms with Gasteiger partial charge in [-0.05, 0) is 31.1 Å². The van der Waals surface area contributed by atoms with Gasteiger partial charge in [-0.2, -0.15) is 5.10 Å². The first kappa shape index (κ1) is 7.58. The van der Waals surface area contributed by atoms with E-state index in [1.807, 2.05) is 0 Å². The number of hydrogen-bond acceptors (Lipinski definition) is 2. The summed E-state index contributed by atoms with van der Waals surface area (Å²) >= 11 is 0. The van der Waals surface area contributed by atoms with Crippen LogP contribution in [-0.2, 0) is 0 Å². The van der Waals surface area contributed by atoms with E-state index >= 15 is 0 Å². The number of hydrazone groups is 1. The van der Waals surface area contributed by atoms with Crippen molar-refractivity contribution < 1.29 is 4.79 Å². The van der Waals surface area contributed by atoms with Gasteiger partial charge >= 0.3 is 6.03 Å². The van der Waals surface area contributed by atoms with E-state index in [2.05, 4.69) is 15.8 Å². The molecule has 2 aliphatic carbocycles. The molecule has 2 aliphatic rings. The highest BCUT2D eigenvalue weighted by Crippen LogP contribution is 2.59. The largest absolute Gasteiger partial charge is 0.340 e. The zero-order valence-electron chi connectivity index (χ0n) is 7.18. The first-order chi connectivity index (χ1) is 5.74. The molecule has 12 heavy (non-hydrogen) atoms. The Morgan fingerprint density at radius 2 is 2.17 bits per heavy atom. The van der Waals surface area contributed by atoms with Crippen LogP contribution in [0.25, 0.3) is 0 Å². The maximum Gasteiger partial charge on any atom is 0.334 e. The highest BCUT2D eigenvalue weighted by Gasteiger charge is 2.51. The maximum absolute atomic E-state index is 10.7. The molecule has 4 heteroatoms. The number of urea groups is 1. The van der Waals surface area contributed by atoms with Crippen molar-refractivity contribution in [2.24, 2.45) is 10.5 Å². The molecule has 0 atom stereocenters. The first-order valence-corrected chi connectivity index (χ1v) is 4.27. The summed E-state index contributed by atoms with van der Waals surface area (Å²) in [5.74, 6) is 0. The third-order valence-electron chi connectivity index (χ3n) is 2.66. The van der Waals surface area contributed by atoms with E-state index < -0.39 is 0 Å². The molecule has 2 fully saturated rings. The predicted octanol–water partition coefficient (Wildman–Crippen LogP) is 0.845. The summed E-state index contributed by atoms with van der Waals surface area (Å²) in [5, 5.41) is 6.44. The van der Waals surface area contributed by atoms with Crippen LogP contribution in [0.4, 0.5) is 4.79 Å². The third kappa shape index (κ3) is 1.29. The van der Waals surface area contributed by atoms with Crippen molar-refractivity contribution in [3.63, 3.8) is 0 Å². The summed E-state index contributed by atoms with van der Waals surface area (Å²) in [7, 11) is 1.58. The number of amides is 2. The van der Waals surface area contributed by atoms with Gasteiger partial charge in [0, 0.05) is 12.8 Å². The van der Waals surface area contributed by atoms with Gasteiger partial charge in [-0.15, -0.1) is 0 Å². The number of carbonyl (C=O) groups excluding carboxylic acids is 1. The lowest BCUT2D eigenvalue weighted by Gasteiger charge is -2.26. The van der Waals surface area contributed by atoms with Crippen molar-refractivity contribution in [1.82, 2.24) is 10.7 Å². The number of rotatable bonds is 1. The Balaban J connectivity index is 1.75. The predicted molar refractivity (Wildman–Crippen MR) is 45.9 cm³/mol. The highest BCUT2D eigenvalue weighted by molar-refractivity contribution is 5.93. The van der Waals surface area contributed by atoms with Gasteiger partial charge in [0.1, 0.15) is 0 Å². The van der Waals surface area contributed by atoms with Crippen molar-refractivity contribution in [1.29, 1.82) is 0 Å². The van der Waals surface area contributed by atoms with Crippen LogP contribution >= 0.6 is 0 Å². The standard InChI is InChI=1S/C8H13N3O/c1-9-7(12)11-10-6-4-8(5-6)2-3-8/h2-5H2,1H3,(H2,9,11,12). The number of hydrogen-bond donors (Lipinski definition) is 2. The van der Waals surface area contributed by atoms with Gasteiger partial charge in [-0.3, -0.25) is 0 Å². The third-order valence-corrected chi connectivity index (χ3v) is 2.66. The Bertz CT molecular complexity index is 233. The molecule has 0 bridgehead atoms. The molecule has 2 amide bonds. The number of nitrogens with zero attached hydrogens (tertiary/aromatic N) is 1. The van der Waals surface area contributed by atoms with Gasteiger partial charge in [0.2, 0.25) is 0 Å². The summed E-state index contributed by atoms with van der Waals surface area (Å²) in [6, 6.07) is -0.237. The minimum atomic E-state index is -0.237. The molecule has 66 valence electrons. The van der Waals surface area contributed by atoms with Crippen LogP contribution in [0.1, 0.15) is 25.7 Å². The summed E-state index contributed by atoms with van der Waals surface area (Å²) < 4.78 is 0. The molecule has 0 unspecified atom stereocenters. The zero-order valence-corrected chi connectivity index (χ0v) is 7.18. The van der Waals surface area contributed by atoms with Crippen LogP contribution < -0.4 is 10.7 Å². The number of nitrogens with one attached hydrogen (secondary N) is 2. The van der Waals surface area contributed by atoms with E-state index in [1.165, 1.54) is 12.8 Å². The van der Waals surface area contributed by atoms with Crippen molar-refractivity contribution in [2.75, 3.05) is 7.05 Å². The van der Waals surface area contributed by atoms with E-state index in [9.17, 15) is 4.79 Å². The van der Waals surface area contributed by atoms with Crippen molar-refractivity contribution in [3.8, 4) is 0 Å². The van der Waals surface area contributed by atoms with Gasteiger partial charge < -0.3 is 5.32 Å². The second kappa shape index (κ2) is 2.47. The van der Waals surface area contributed by atoms with Crippen LogP contribution in [0.2, 0.25) is 0 Å². The van der Waals surface area contributed by atoms with Crippen LogP contribution in [0.3, 0.4) is 0 Å². The summed E-state index contributed by atoms with van der Waals surface area (Å²) in [4.78, 5) is 10.7. The lowest BCUT2D eigenvalue weighted by molar-refractivity contribution is 0.243. The lowest BCUT2D eigenvalue weighted by atomic mass is 9.80. The molecule has 2 rings (SSSR count). The molecule has 0 heterocycles. The summed E-state index contributed by atoms with van der Waals surface area (Å²) in [6.07, 6.45) is 4.89. The lowest BCUT2D eigenvalue weighted by Crippen LogP contribution is -2.33. The average molecular weight is 167 g/mol. The van der Waals surface area contributed by atoms with Crippen LogP contribution in [0.15, 0.2) is 5.10 Å². The molecule has 0 saturated heterocycles. The Morgan fingerprint density at radius 1 is 1.50 bits per heavy atom. The fourth-order valence-electron chi connectivity index (χ4n) is 1.61. The van der Waals surface area contributed by atoms with Crippen LogP contribution in [0.5, 0.6) is 0 Å². The average Bonchev–Trinajstić information content (AvgIpc) is 2.77. The van der Waals surface area contributed by atoms with Crippen molar-refractivity contribution >= 4 is 11.7 Å². The maximum atomic E-state index is 10.7. The highest BCUT2D eigenvalue weighted by atomic mass is 16.2. The second-order valence-electron chi connectivity index (χ2n) is 3.72.